The minimum atomic E-state index is -1.84. The third kappa shape index (κ3) is 3.11. The molecule has 0 rings (SSSR count). The summed E-state index contributed by atoms with van der Waals surface area (Å²) in [5, 5.41) is 21.5. The topological polar surface area (TPSA) is 80.3 Å². The number of rotatable bonds is 5. The molecule has 0 saturated heterocycles. The zero-order valence-corrected chi connectivity index (χ0v) is 11.0. The standard InChI is InChI=1S/C9H16O4.Ca/c1-4-5-9(6(2)3,7(10)11)8(12)13;/h6H,4-5H2,1-3H3,(H,10,11)(H,12,13);/q;+2/p-2. The van der Waals surface area contributed by atoms with Crippen LogP contribution in [-0.2, 0) is 9.59 Å². The van der Waals surface area contributed by atoms with Gasteiger partial charge in [-0.3, -0.25) is 0 Å². The number of hydrogen-bond donors (Lipinski definition) is 0. The molecule has 0 radical (unpaired) electrons. The quantitative estimate of drug-likeness (QED) is 0.424. The normalized spacial score (nSPS) is 10.9. The van der Waals surface area contributed by atoms with Gasteiger partial charge in [-0.1, -0.05) is 27.2 Å². The summed E-state index contributed by atoms with van der Waals surface area (Å²) in [6, 6.07) is 0. The van der Waals surface area contributed by atoms with Crippen LogP contribution >= 0.6 is 0 Å². The van der Waals surface area contributed by atoms with E-state index in [1.807, 2.05) is 0 Å². The number of carbonyl (C=O) groups excluding carboxylic acids is 2. The summed E-state index contributed by atoms with van der Waals surface area (Å²) in [7, 11) is 0. The van der Waals surface area contributed by atoms with Crippen molar-refractivity contribution < 1.29 is 19.8 Å². The Hall–Kier alpha value is 0.200. The van der Waals surface area contributed by atoms with E-state index >= 15 is 0 Å². The van der Waals surface area contributed by atoms with E-state index in [0.717, 1.165) is 0 Å². The fraction of sp³-hybridized carbons (Fsp3) is 0.778. The first-order valence-corrected chi connectivity index (χ1v) is 4.32. The summed E-state index contributed by atoms with van der Waals surface area (Å²) in [6.45, 7) is 4.81. The van der Waals surface area contributed by atoms with E-state index in [0.29, 0.717) is 6.42 Å². The van der Waals surface area contributed by atoms with Gasteiger partial charge in [0.1, 0.15) is 0 Å². The van der Waals surface area contributed by atoms with Crippen molar-refractivity contribution in [2.24, 2.45) is 11.3 Å². The van der Waals surface area contributed by atoms with Crippen molar-refractivity contribution in [3.63, 3.8) is 0 Å². The molecule has 0 aliphatic heterocycles. The predicted molar refractivity (Wildman–Crippen MR) is 47.9 cm³/mol. The van der Waals surface area contributed by atoms with Gasteiger partial charge in [0.2, 0.25) is 0 Å². The second-order valence-corrected chi connectivity index (χ2v) is 3.45. The van der Waals surface area contributed by atoms with Crippen LogP contribution in [0, 0.1) is 11.3 Å². The van der Waals surface area contributed by atoms with Crippen LogP contribution < -0.4 is 10.2 Å². The zero-order chi connectivity index (χ0) is 10.6. The molecule has 0 aromatic heterocycles. The molecule has 0 saturated carbocycles. The molecule has 0 aliphatic rings. The van der Waals surface area contributed by atoms with Gasteiger partial charge in [0.05, 0.1) is 17.4 Å². The minimum absolute atomic E-state index is 0. The van der Waals surface area contributed by atoms with Gasteiger partial charge < -0.3 is 19.8 Å². The van der Waals surface area contributed by atoms with Crippen LogP contribution in [0.4, 0.5) is 0 Å². The van der Waals surface area contributed by atoms with E-state index in [-0.39, 0.29) is 44.2 Å². The third-order valence-electron chi connectivity index (χ3n) is 2.36. The molecule has 5 heteroatoms. The van der Waals surface area contributed by atoms with Gasteiger partial charge in [-0.05, 0) is 12.3 Å². The Balaban J connectivity index is 0. The van der Waals surface area contributed by atoms with Gasteiger partial charge in [0.25, 0.3) is 0 Å². The third-order valence-corrected chi connectivity index (χ3v) is 2.36. The summed E-state index contributed by atoms with van der Waals surface area (Å²) in [4.78, 5) is 21.5. The number of carboxylic acid groups (broad SMARTS) is 2. The van der Waals surface area contributed by atoms with Gasteiger partial charge in [0.15, 0.2) is 0 Å². The molecule has 0 bridgehead atoms. The first kappa shape index (κ1) is 16.6. The minimum Gasteiger partial charge on any atom is -0.549 e. The molecule has 0 N–H and O–H groups in total. The van der Waals surface area contributed by atoms with E-state index < -0.39 is 23.3 Å². The molecule has 0 heterocycles. The molecule has 0 aromatic carbocycles. The van der Waals surface area contributed by atoms with Crippen LogP contribution in [0.3, 0.4) is 0 Å². The van der Waals surface area contributed by atoms with Crippen molar-refractivity contribution in [2.75, 3.05) is 0 Å². The zero-order valence-electron chi connectivity index (χ0n) is 8.83. The second kappa shape index (κ2) is 6.64. The van der Waals surface area contributed by atoms with Crippen LogP contribution in [-0.4, -0.2) is 49.7 Å². The van der Waals surface area contributed by atoms with Crippen molar-refractivity contribution in [3.05, 3.63) is 0 Å². The molecule has 0 aromatic rings. The molecule has 76 valence electrons. The van der Waals surface area contributed by atoms with E-state index in [9.17, 15) is 19.8 Å². The van der Waals surface area contributed by atoms with Crippen LogP contribution in [0.5, 0.6) is 0 Å². The Labute approximate surface area is 114 Å². The van der Waals surface area contributed by atoms with E-state index in [2.05, 4.69) is 0 Å². The number of aliphatic carboxylic acids is 2. The molecular weight excluding hydrogens is 212 g/mol. The number of hydrogen-bond acceptors (Lipinski definition) is 4. The molecule has 0 atom stereocenters. The Morgan fingerprint density at radius 1 is 1.21 bits per heavy atom. The van der Waals surface area contributed by atoms with Crippen LogP contribution in [0.25, 0.3) is 0 Å². The monoisotopic (exact) mass is 226 g/mol. The average Bonchev–Trinajstić information content (AvgIpc) is 1.97. The average molecular weight is 226 g/mol. The van der Waals surface area contributed by atoms with E-state index in [1.165, 1.54) is 0 Å². The largest absolute Gasteiger partial charge is 2.00 e. The SMILES string of the molecule is CCCC(C(=O)[O-])(C(=O)[O-])C(C)C.[Ca+2]. The van der Waals surface area contributed by atoms with E-state index in [1.54, 1.807) is 20.8 Å². The van der Waals surface area contributed by atoms with Gasteiger partial charge in [0, 0.05) is 0 Å². The van der Waals surface area contributed by atoms with Crippen LogP contribution in [0.15, 0.2) is 0 Å². The first-order valence-electron chi connectivity index (χ1n) is 4.32. The maximum atomic E-state index is 10.8. The van der Waals surface area contributed by atoms with E-state index in [4.69, 9.17) is 0 Å². The van der Waals surface area contributed by atoms with Gasteiger partial charge in [-0.15, -0.1) is 0 Å². The molecular formula is C9H14CaO4. The Bertz CT molecular complexity index is 199. The van der Waals surface area contributed by atoms with Gasteiger partial charge >= 0.3 is 37.7 Å². The van der Waals surface area contributed by atoms with Crippen LogP contribution in [0.1, 0.15) is 33.6 Å². The Kier molecular flexibility index (Phi) is 7.89. The Morgan fingerprint density at radius 3 is 1.64 bits per heavy atom. The molecule has 0 spiro atoms. The molecule has 14 heavy (non-hydrogen) atoms. The number of carboxylic acids is 2. The maximum Gasteiger partial charge on any atom is 2.00 e. The van der Waals surface area contributed by atoms with Gasteiger partial charge in [-0.2, -0.15) is 0 Å². The molecule has 0 fully saturated rings. The smallest absolute Gasteiger partial charge is 0.549 e. The Morgan fingerprint density at radius 2 is 1.57 bits per heavy atom. The predicted octanol–water partition coefficient (Wildman–Crippen LogP) is -1.45. The summed E-state index contributed by atoms with van der Waals surface area (Å²) in [5.74, 6) is -3.63. The number of carbonyl (C=O) groups is 2. The molecule has 0 unspecified atom stereocenters. The second-order valence-electron chi connectivity index (χ2n) is 3.45. The summed E-state index contributed by atoms with van der Waals surface area (Å²) < 4.78 is 0. The van der Waals surface area contributed by atoms with Crippen molar-refractivity contribution in [1.82, 2.24) is 0 Å². The van der Waals surface area contributed by atoms with Crippen molar-refractivity contribution in [1.29, 1.82) is 0 Å². The summed E-state index contributed by atoms with van der Waals surface area (Å²) >= 11 is 0. The fourth-order valence-electron chi connectivity index (χ4n) is 1.44. The van der Waals surface area contributed by atoms with Crippen molar-refractivity contribution in [3.8, 4) is 0 Å². The summed E-state index contributed by atoms with van der Waals surface area (Å²) in [6.07, 6.45) is 0.523. The molecule has 0 amide bonds. The maximum absolute atomic E-state index is 10.8. The van der Waals surface area contributed by atoms with Crippen LogP contribution in [0.2, 0.25) is 0 Å². The fourth-order valence-corrected chi connectivity index (χ4v) is 1.44. The van der Waals surface area contributed by atoms with Crippen molar-refractivity contribution >= 4 is 49.7 Å². The summed E-state index contributed by atoms with van der Waals surface area (Å²) in [5.41, 5.74) is -1.84. The van der Waals surface area contributed by atoms with Gasteiger partial charge in [-0.25, -0.2) is 0 Å². The molecule has 4 nitrogen and oxygen atoms in total. The first-order chi connectivity index (χ1) is 5.89. The molecule has 0 aliphatic carbocycles. The van der Waals surface area contributed by atoms with Crippen molar-refractivity contribution in [2.45, 2.75) is 33.6 Å².